The molecule has 0 radical (unpaired) electrons. The number of pyridine rings is 1. The van der Waals surface area contributed by atoms with Gasteiger partial charge in [0.05, 0.1) is 64.3 Å². The highest BCUT2D eigenvalue weighted by Crippen LogP contribution is 2.42. The van der Waals surface area contributed by atoms with Crippen molar-refractivity contribution in [3.63, 3.8) is 0 Å². The lowest BCUT2D eigenvalue weighted by atomic mass is 9.99. The fraction of sp³-hybridized carbons (Fsp3) is 0. The van der Waals surface area contributed by atoms with E-state index in [-0.39, 0.29) is 0 Å². The first-order chi connectivity index (χ1) is 29.5. The quantitative estimate of drug-likeness (QED) is 0.163. The van der Waals surface area contributed by atoms with Crippen molar-refractivity contribution in [1.29, 1.82) is 15.8 Å². The lowest BCUT2D eigenvalue weighted by Crippen LogP contribution is -2.04. The molecule has 0 aliphatic carbocycles. The summed E-state index contributed by atoms with van der Waals surface area (Å²) in [6.45, 7) is 15.2. The zero-order chi connectivity index (χ0) is 40.9. The molecule has 0 N–H and O–H groups in total. The predicted molar refractivity (Wildman–Crippen MR) is 236 cm³/mol. The Morgan fingerprint density at radius 2 is 0.933 bits per heavy atom. The van der Waals surface area contributed by atoms with E-state index in [0.29, 0.717) is 33.8 Å². The Morgan fingerprint density at radius 1 is 0.433 bits per heavy atom. The van der Waals surface area contributed by atoms with E-state index in [1.54, 1.807) is 42.7 Å². The van der Waals surface area contributed by atoms with Crippen LogP contribution in [-0.2, 0) is 0 Å². The van der Waals surface area contributed by atoms with E-state index in [1.165, 1.54) is 0 Å². The minimum Gasteiger partial charge on any atom is -0.309 e. The third-order valence-electron chi connectivity index (χ3n) is 11.1. The Hall–Kier alpha value is -9.26. The van der Waals surface area contributed by atoms with Crippen molar-refractivity contribution < 1.29 is 0 Å². The SMILES string of the molecule is [C-]#[N+]c1cc(C#N)cc(-c2ccc3c(c2)c2ccccc2n3-c2cc(-c3ccncc3)c(-n3c4ccccc4c4cc(-c5cc(C#N)cc([N+]#[C-])c5)ccc43)cc2C#N)c1. The summed E-state index contributed by atoms with van der Waals surface area (Å²) >= 11 is 0. The van der Waals surface area contributed by atoms with Crippen LogP contribution in [0.15, 0.2) is 158 Å². The Kier molecular flexibility index (Phi) is 8.23. The molecule has 274 valence electrons. The van der Waals surface area contributed by atoms with Crippen molar-refractivity contribution in [2.45, 2.75) is 0 Å². The maximum atomic E-state index is 11.0. The third kappa shape index (κ3) is 5.61. The minimum absolute atomic E-state index is 0.401. The number of nitriles is 3. The lowest BCUT2D eigenvalue weighted by Gasteiger charge is -2.19. The summed E-state index contributed by atoms with van der Waals surface area (Å²) in [6, 6.07) is 54.0. The first kappa shape index (κ1) is 35.2. The van der Waals surface area contributed by atoms with Crippen LogP contribution in [-0.4, -0.2) is 14.1 Å². The highest BCUT2D eigenvalue weighted by atomic mass is 15.0. The molecule has 0 fully saturated rings. The van der Waals surface area contributed by atoms with Crippen LogP contribution in [0.25, 0.3) is 98.1 Å². The van der Waals surface area contributed by atoms with Crippen LogP contribution < -0.4 is 0 Å². The predicted octanol–water partition coefficient (Wildman–Crippen LogP) is 13.0. The van der Waals surface area contributed by atoms with Gasteiger partial charge in [-0.3, -0.25) is 4.98 Å². The Morgan fingerprint density at radius 3 is 1.43 bits per heavy atom. The monoisotopic (exact) mass is 762 g/mol. The summed E-state index contributed by atoms with van der Waals surface area (Å²) in [5.74, 6) is 0. The number of aromatic nitrogens is 3. The van der Waals surface area contributed by atoms with Gasteiger partial charge in [-0.25, -0.2) is 9.69 Å². The molecule has 0 saturated carbocycles. The summed E-state index contributed by atoms with van der Waals surface area (Å²) < 4.78 is 4.35. The molecule has 60 heavy (non-hydrogen) atoms. The number of rotatable bonds is 5. The molecule has 0 spiro atoms. The molecular formula is C52H26N8. The van der Waals surface area contributed by atoms with Gasteiger partial charge < -0.3 is 9.13 Å². The molecule has 0 atom stereocenters. The van der Waals surface area contributed by atoms with Gasteiger partial charge in [-0.15, -0.1) is 0 Å². The molecule has 0 bridgehead atoms. The van der Waals surface area contributed by atoms with Crippen LogP contribution in [0.5, 0.6) is 0 Å². The molecule has 0 aliphatic rings. The molecule has 8 heteroatoms. The van der Waals surface area contributed by atoms with Gasteiger partial charge in [0.25, 0.3) is 0 Å². The second-order valence-electron chi connectivity index (χ2n) is 14.4. The molecule has 0 amide bonds. The van der Waals surface area contributed by atoms with Crippen molar-refractivity contribution >= 4 is 55.0 Å². The standard InChI is InChI=1S/C52H26N8/c1-56-40-21-32(29-53)19-37(23-40)35-11-13-49-45(25-35)42-7-3-5-9-47(42)59(49)51-28-44(34-15-17-58-18-16-34)52(27-39(51)31-55)60-48-10-6-4-8-43(48)46-26-36(12-14-50(46)60)38-20-33(30-54)22-41(24-38)57-2/h3-28H. The largest absolute Gasteiger partial charge is 0.309 e. The highest BCUT2D eigenvalue weighted by Gasteiger charge is 2.22. The fourth-order valence-electron chi connectivity index (χ4n) is 8.44. The van der Waals surface area contributed by atoms with Crippen molar-refractivity contribution in [1.82, 2.24) is 14.1 Å². The van der Waals surface area contributed by atoms with E-state index in [1.807, 2.05) is 66.7 Å². The third-order valence-corrected chi connectivity index (χ3v) is 11.1. The normalized spacial score (nSPS) is 10.9. The molecule has 7 aromatic carbocycles. The van der Waals surface area contributed by atoms with E-state index in [9.17, 15) is 15.8 Å². The summed E-state index contributed by atoms with van der Waals surface area (Å²) in [6.07, 6.45) is 3.54. The van der Waals surface area contributed by atoms with Gasteiger partial charge in [0, 0.05) is 50.6 Å². The molecule has 0 saturated heterocycles. The first-order valence-corrected chi connectivity index (χ1v) is 18.9. The first-order valence-electron chi connectivity index (χ1n) is 18.9. The summed E-state index contributed by atoms with van der Waals surface area (Å²) in [5.41, 5.74) is 12.5. The van der Waals surface area contributed by atoms with Gasteiger partial charge in [0.15, 0.2) is 11.4 Å². The van der Waals surface area contributed by atoms with E-state index in [2.05, 4.69) is 90.5 Å². The second kappa shape index (κ2) is 14.0. The molecule has 0 unspecified atom stereocenters. The van der Waals surface area contributed by atoms with E-state index < -0.39 is 0 Å². The number of para-hydroxylation sites is 2. The van der Waals surface area contributed by atoms with Gasteiger partial charge in [-0.05, 0) is 125 Å². The van der Waals surface area contributed by atoms with Gasteiger partial charge >= 0.3 is 0 Å². The van der Waals surface area contributed by atoms with Crippen molar-refractivity contribution in [2.24, 2.45) is 0 Å². The number of fused-ring (bicyclic) bond motifs is 6. The zero-order valence-electron chi connectivity index (χ0n) is 31.6. The zero-order valence-corrected chi connectivity index (χ0v) is 31.6. The summed E-state index contributed by atoms with van der Waals surface area (Å²) in [5, 5.41) is 34.4. The lowest BCUT2D eigenvalue weighted by molar-refractivity contribution is 1.13. The smallest absolute Gasteiger partial charge is 0.189 e. The van der Waals surface area contributed by atoms with Crippen LogP contribution in [0.4, 0.5) is 11.4 Å². The van der Waals surface area contributed by atoms with Gasteiger partial charge in [0.1, 0.15) is 6.07 Å². The van der Waals surface area contributed by atoms with Crippen LogP contribution in [0.2, 0.25) is 0 Å². The number of hydrogen-bond acceptors (Lipinski definition) is 4. The molecule has 10 rings (SSSR count). The van der Waals surface area contributed by atoms with E-state index >= 15 is 0 Å². The molecule has 10 aromatic rings. The minimum atomic E-state index is 0.401. The maximum Gasteiger partial charge on any atom is 0.189 e. The Labute approximate surface area is 344 Å². The van der Waals surface area contributed by atoms with Crippen molar-refractivity contribution in [3.05, 3.63) is 198 Å². The van der Waals surface area contributed by atoms with Gasteiger partial charge in [0.2, 0.25) is 0 Å². The number of hydrogen-bond donors (Lipinski definition) is 0. The highest BCUT2D eigenvalue weighted by molar-refractivity contribution is 6.12. The molecule has 3 heterocycles. The van der Waals surface area contributed by atoms with Crippen molar-refractivity contribution in [2.75, 3.05) is 0 Å². The number of nitrogens with zero attached hydrogens (tertiary/aromatic N) is 8. The van der Waals surface area contributed by atoms with Crippen LogP contribution in [0, 0.1) is 47.1 Å². The average molecular weight is 763 g/mol. The maximum absolute atomic E-state index is 11.0. The Balaban J connectivity index is 1.23. The van der Waals surface area contributed by atoms with Crippen LogP contribution in [0.3, 0.4) is 0 Å². The molecule has 3 aromatic heterocycles. The topological polar surface area (TPSA) is 103 Å². The van der Waals surface area contributed by atoms with Crippen LogP contribution >= 0.6 is 0 Å². The number of benzene rings is 7. The van der Waals surface area contributed by atoms with Crippen LogP contribution in [0.1, 0.15) is 16.7 Å². The van der Waals surface area contributed by atoms with E-state index in [0.717, 1.165) is 82.7 Å². The second-order valence-corrected chi connectivity index (χ2v) is 14.4. The molecular weight excluding hydrogens is 737 g/mol. The van der Waals surface area contributed by atoms with Crippen molar-refractivity contribution in [3.8, 4) is 63.0 Å². The summed E-state index contributed by atoms with van der Waals surface area (Å²) in [7, 11) is 0. The Bertz CT molecular complexity index is 3600. The van der Waals surface area contributed by atoms with E-state index in [4.69, 9.17) is 13.1 Å². The molecule has 0 aliphatic heterocycles. The van der Waals surface area contributed by atoms with Gasteiger partial charge in [-0.1, -0.05) is 48.5 Å². The average Bonchev–Trinajstić information content (AvgIpc) is 3.83. The molecule has 8 nitrogen and oxygen atoms in total. The summed E-state index contributed by atoms with van der Waals surface area (Å²) in [4.78, 5) is 11.5. The fourth-order valence-corrected chi connectivity index (χ4v) is 8.44. The van der Waals surface area contributed by atoms with Gasteiger partial charge in [-0.2, -0.15) is 15.8 Å².